The van der Waals surface area contributed by atoms with Crippen LogP contribution in [0.2, 0.25) is 0 Å². The summed E-state index contributed by atoms with van der Waals surface area (Å²) in [4.78, 5) is 31.1. The molecule has 2 N–H and O–H groups in total. The van der Waals surface area contributed by atoms with Gasteiger partial charge in [-0.25, -0.2) is 14.8 Å². The van der Waals surface area contributed by atoms with Gasteiger partial charge in [-0.05, 0) is 87.8 Å². The number of aromatic nitrogens is 4. The van der Waals surface area contributed by atoms with E-state index in [0.717, 1.165) is 42.8 Å². The van der Waals surface area contributed by atoms with E-state index < -0.39 is 5.97 Å². The normalized spacial score (nSPS) is 19.7. The van der Waals surface area contributed by atoms with Crippen LogP contribution in [0.3, 0.4) is 0 Å². The molecule has 3 fully saturated rings. The molecular formula is C34H49N7O3. The minimum absolute atomic E-state index is 0.343. The van der Waals surface area contributed by atoms with E-state index >= 15 is 0 Å². The summed E-state index contributed by atoms with van der Waals surface area (Å²) in [6, 6.07) is 8.49. The van der Waals surface area contributed by atoms with Crippen LogP contribution in [-0.4, -0.2) is 90.7 Å². The molecule has 0 amide bonds. The second kappa shape index (κ2) is 14.7. The number of aromatic amines is 1. The van der Waals surface area contributed by atoms with Crippen LogP contribution < -0.4 is 4.74 Å². The molecule has 10 heteroatoms. The second-order valence-electron chi connectivity index (χ2n) is 13.3. The summed E-state index contributed by atoms with van der Waals surface area (Å²) in [5.74, 6) is 1.55. The van der Waals surface area contributed by atoms with Gasteiger partial charge in [-0.2, -0.15) is 0 Å². The van der Waals surface area contributed by atoms with Crippen LogP contribution in [0.5, 0.6) is 5.75 Å². The zero-order valence-corrected chi connectivity index (χ0v) is 26.1. The van der Waals surface area contributed by atoms with Crippen LogP contribution in [0.15, 0.2) is 49.1 Å². The van der Waals surface area contributed by atoms with Crippen LogP contribution in [-0.2, 0) is 31.0 Å². The number of carbonyl (C=O) groups is 1. The molecule has 2 saturated heterocycles. The Balaban J connectivity index is 0.988. The maximum absolute atomic E-state index is 10.8. The van der Waals surface area contributed by atoms with Crippen molar-refractivity contribution in [2.24, 2.45) is 5.41 Å². The number of likely N-dealkylation sites (tertiary alicyclic amines) is 2. The number of imidazole rings is 2. The molecule has 238 valence electrons. The predicted molar refractivity (Wildman–Crippen MR) is 169 cm³/mol. The lowest BCUT2D eigenvalue weighted by Crippen LogP contribution is -2.46. The number of hydrogen-bond donors (Lipinski definition) is 2. The fourth-order valence-corrected chi connectivity index (χ4v) is 7.65. The first-order chi connectivity index (χ1) is 21.5. The molecule has 1 aliphatic carbocycles. The molecule has 44 heavy (non-hydrogen) atoms. The molecule has 4 heterocycles. The Hall–Kier alpha value is -3.21. The molecule has 0 bridgehead atoms. The Morgan fingerprint density at radius 2 is 1.77 bits per heavy atom. The number of piperidine rings is 1. The quantitative estimate of drug-likeness (QED) is 0.271. The van der Waals surface area contributed by atoms with E-state index in [9.17, 15) is 4.79 Å². The molecule has 3 aliphatic rings. The Labute approximate surface area is 261 Å². The first kappa shape index (κ1) is 30.8. The van der Waals surface area contributed by atoms with Crippen LogP contribution in [0.1, 0.15) is 75.0 Å². The SMILES string of the molecule is O=C(O)COc1ccc(CN(Cc2ncc[nH]2)Cc2nccn2CCCN2CCC3(CCN(C4CCCCC4)CC3)C2)cc1. The molecule has 10 nitrogen and oxygen atoms in total. The summed E-state index contributed by atoms with van der Waals surface area (Å²) in [6.07, 6.45) is 20.1. The number of carboxylic acids is 1. The third-order valence-corrected chi connectivity index (χ3v) is 10.1. The van der Waals surface area contributed by atoms with E-state index in [0.29, 0.717) is 30.8 Å². The molecule has 1 spiro atoms. The summed E-state index contributed by atoms with van der Waals surface area (Å²) < 4.78 is 7.61. The first-order valence-electron chi connectivity index (χ1n) is 16.6. The van der Waals surface area contributed by atoms with Gasteiger partial charge < -0.3 is 29.2 Å². The average Bonchev–Trinajstić information content (AvgIpc) is 3.81. The highest BCUT2D eigenvalue weighted by molar-refractivity contribution is 5.68. The van der Waals surface area contributed by atoms with E-state index in [1.807, 2.05) is 36.7 Å². The number of hydrogen-bond acceptors (Lipinski definition) is 7. The van der Waals surface area contributed by atoms with Crippen LogP contribution in [0.4, 0.5) is 0 Å². The maximum atomic E-state index is 10.8. The molecule has 0 unspecified atom stereocenters. The van der Waals surface area contributed by atoms with Gasteiger partial charge in [0.05, 0.1) is 13.1 Å². The van der Waals surface area contributed by atoms with Crippen LogP contribution in [0.25, 0.3) is 0 Å². The minimum atomic E-state index is -0.983. The van der Waals surface area contributed by atoms with Gasteiger partial charge in [-0.1, -0.05) is 31.4 Å². The summed E-state index contributed by atoms with van der Waals surface area (Å²) >= 11 is 0. The molecule has 2 aromatic heterocycles. The number of aliphatic carboxylic acids is 1. The van der Waals surface area contributed by atoms with Crippen molar-refractivity contribution in [3.63, 3.8) is 0 Å². The number of benzene rings is 1. The van der Waals surface area contributed by atoms with Crippen molar-refractivity contribution in [2.45, 2.75) is 90.0 Å². The third-order valence-electron chi connectivity index (χ3n) is 10.1. The largest absolute Gasteiger partial charge is 0.482 e. The summed E-state index contributed by atoms with van der Waals surface area (Å²) in [5.41, 5.74) is 1.67. The Bertz CT molecular complexity index is 1290. The zero-order chi connectivity index (χ0) is 30.2. The van der Waals surface area contributed by atoms with Gasteiger partial charge in [0, 0.05) is 50.5 Å². The molecule has 1 aromatic carbocycles. The Morgan fingerprint density at radius 3 is 2.52 bits per heavy atom. The smallest absolute Gasteiger partial charge is 0.341 e. The lowest BCUT2D eigenvalue weighted by molar-refractivity contribution is -0.139. The highest BCUT2D eigenvalue weighted by Crippen LogP contribution is 2.41. The van der Waals surface area contributed by atoms with Crippen molar-refractivity contribution >= 4 is 5.97 Å². The molecule has 6 rings (SSSR count). The van der Waals surface area contributed by atoms with Crippen molar-refractivity contribution in [2.75, 3.05) is 39.3 Å². The van der Waals surface area contributed by atoms with Crippen molar-refractivity contribution < 1.29 is 14.6 Å². The molecule has 2 aliphatic heterocycles. The highest BCUT2D eigenvalue weighted by Gasteiger charge is 2.41. The van der Waals surface area contributed by atoms with E-state index in [4.69, 9.17) is 14.8 Å². The van der Waals surface area contributed by atoms with Crippen molar-refractivity contribution in [3.05, 3.63) is 66.3 Å². The Morgan fingerprint density at radius 1 is 0.977 bits per heavy atom. The van der Waals surface area contributed by atoms with Gasteiger partial charge in [0.15, 0.2) is 6.61 Å². The monoisotopic (exact) mass is 603 g/mol. The topological polar surface area (TPSA) is 103 Å². The second-order valence-corrected chi connectivity index (χ2v) is 13.3. The lowest BCUT2D eigenvalue weighted by atomic mass is 9.77. The van der Waals surface area contributed by atoms with E-state index in [1.54, 1.807) is 6.20 Å². The van der Waals surface area contributed by atoms with Gasteiger partial charge in [-0.15, -0.1) is 0 Å². The van der Waals surface area contributed by atoms with Crippen LogP contribution in [0, 0.1) is 5.41 Å². The van der Waals surface area contributed by atoms with Gasteiger partial charge >= 0.3 is 5.97 Å². The number of rotatable bonds is 14. The van der Waals surface area contributed by atoms with Gasteiger partial charge in [0.2, 0.25) is 0 Å². The number of nitrogens with one attached hydrogen (secondary N) is 1. The number of H-pyrrole nitrogens is 1. The van der Waals surface area contributed by atoms with Gasteiger partial charge in [-0.3, -0.25) is 4.90 Å². The number of ether oxygens (including phenoxy) is 1. The van der Waals surface area contributed by atoms with E-state index in [1.165, 1.54) is 77.5 Å². The van der Waals surface area contributed by atoms with E-state index in [-0.39, 0.29) is 6.61 Å². The summed E-state index contributed by atoms with van der Waals surface area (Å²) in [6.45, 7) is 9.01. The molecule has 1 saturated carbocycles. The van der Waals surface area contributed by atoms with Gasteiger partial charge in [0.1, 0.15) is 17.4 Å². The van der Waals surface area contributed by atoms with Crippen molar-refractivity contribution in [1.82, 2.24) is 34.2 Å². The number of carboxylic acid groups (broad SMARTS) is 1. The zero-order valence-electron chi connectivity index (χ0n) is 26.1. The Kier molecular flexibility index (Phi) is 10.3. The average molecular weight is 604 g/mol. The number of nitrogens with zero attached hydrogens (tertiary/aromatic N) is 6. The standard InChI is InChI=1S/C34H49N7O3/c42-33(43)26-44-30-9-7-28(8-10-30)23-39(24-31-35-14-15-36-31)25-32-37-16-22-41(32)18-4-17-38-19-11-34(27-38)12-20-40(21-13-34)29-5-2-1-3-6-29/h7-10,14-16,22,29H,1-6,11-13,17-21,23-27H2,(H,35,36)(H,42,43). The highest BCUT2D eigenvalue weighted by atomic mass is 16.5. The van der Waals surface area contributed by atoms with Crippen molar-refractivity contribution in [3.8, 4) is 5.75 Å². The summed E-state index contributed by atoms with van der Waals surface area (Å²) in [7, 11) is 0. The molecule has 3 aromatic rings. The molecular weight excluding hydrogens is 554 g/mol. The summed E-state index contributed by atoms with van der Waals surface area (Å²) in [5, 5.41) is 8.87. The fourth-order valence-electron chi connectivity index (χ4n) is 7.65. The number of aryl methyl sites for hydroxylation is 1. The van der Waals surface area contributed by atoms with Gasteiger partial charge in [0.25, 0.3) is 0 Å². The molecule has 0 atom stereocenters. The molecule has 0 radical (unpaired) electrons. The lowest BCUT2D eigenvalue weighted by Gasteiger charge is -2.44. The fraction of sp³-hybridized carbons (Fsp3) is 0.618. The first-order valence-corrected chi connectivity index (χ1v) is 16.6. The van der Waals surface area contributed by atoms with Crippen LogP contribution >= 0.6 is 0 Å². The minimum Gasteiger partial charge on any atom is -0.482 e. The third kappa shape index (κ3) is 8.28. The van der Waals surface area contributed by atoms with Crippen molar-refractivity contribution in [1.29, 1.82) is 0 Å². The maximum Gasteiger partial charge on any atom is 0.341 e. The van der Waals surface area contributed by atoms with E-state index in [2.05, 4.69) is 35.4 Å². The predicted octanol–water partition coefficient (Wildman–Crippen LogP) is 4.78.